The summed E-state index contributed by atoms with van der Waals surface area (Å²) in [5, 5.41) is 0. The fourth-order valence-corrected chi connectivity index (χ4v) is 3.29. The average molecular weight is 341 g/mol. The number of fused-ring (bicyclic) bond motifs is 1. The third-order valence-electron chi connectivity index (χ3n) is 4.56. The number of hydrogen-bond acceptors (Lipinski definition) is 2. The first kappa shape index (κ1) is 16.2. The first-order chi connectivity index (χ1) is 12.7. The van der Waals surface area contributed by atoms with E-state index in [1.54, 1.807) is 7.11 Å². The van der Waals surface area contributed by atoms with Gasteiger partial charge in [0.1, 0.15) is 11.4 Å². The van der Waals surface area contributed by atoms with Gasteiger partial charge < -0.3 is 9.14 Å². The van der Waals surface area contributed by atoms with Crippen molar-refractivity contribution < 1.29 is 9.53 Å². The van der Waals surface area contributed by atoms with Crippen molar-refractivity contribution in [3.63, 3.8) is 0 Å². The molecule has 0 aliphatic heterocycles. The zero-order valence-electron chi connectivity index (χ0n) is 14.8. The van der Waals surface area contributed by atoms with Gasteiger partial charge in [-0.3, -0.25) is 4.79 Å². The van der Waals surface area contributed by atoms with Crippen LogP contribution in [0.5, 0.6) is 5.75 Å². The molecular weight excluding hydrogens is 322 g/mol. The Bertz CT molecular complexity index is 1110. The Balaban J connectivity index is 1.96. The van der Waals surface area contributed by atoms with E-state index in [-0.39, 0.29) is 5.78 Å². The zero-order valence-corrected chi connectivity index (χ0v) is 14.8. The van der Waals surface area contributed by atoms with E-state index in [2.05, 4.69) is 6.07 Å². The summed E-state index contributed by atoms with van der Waals surface area (Å²) in [4.78, 5) is 13.4. The van der Waals surface area contributed by atoms with Crippen molar-refractivity contribution in [2.75, 3.05) is 7.11 Å². The minimum absolute atomic E-state index is 0.0118. The van der Waals surface area contributed by atoms with Crippen molar-refractivity contribution in [3.05, 3.63) is 95.8 Å². The van der Waals surface area contributed by atoms with Crippen LogP contribution in [0.15, 0.2) is 79.0 Å². The predicted octanol–water partition coefficient (Wildman–Crippen LogP) is 5.15. The Kier molecular flexibility index (Phi) is 4.05. The van der Waals surface area contributed by atoms with Crippen molar-refractivity contribution in [3.8, 4) is 16.9 Å². The Morgan fingerprint density at radius 3 is 2.58 bits per heavy atom. The van der Waals surface area contributed by atoms with Gasteiger partial charge in [0.15, 0.2) is 0 Å². The summed E-state index contributed by atoms with van der Waals surface area (Å²) in [6, 6.07) is 23.5. The van der Waals surface area contributed by atoms with E-state index in [0.29, 0.717) is 11.3 Å². The van der Waals surface area contributed by atoms with Crippen LogP contribution in [0.25, 0.3) is 16.6 Å². The number of aryl methyl sites for hydroxylation is 1. The first-order valence-corrected chi connectivity index (χ1v) is 8.53. The maximum atomic E-state index is 13.4. The zero-order chi connectivity index (χ0) is 18.1. The second kappa shape index (κ2) is 6.52. The number of ketones is 1. The third kappa shape index (κ3) is 2.78. The highest BCUT2D eigenvalue weighted by molar-refractivity contribution is 6.13. The predicted molar refractivity (Wildman–Crippen MR) is 104 cm³/mol. The van der Waals surface area contributed by atoms with Gasteiger partial charge >= 0.3 is 0 Å². The second-order valence-corrected chi connectivity index (χ2v) is 6.33. The molecule has 2 aromatic heterocycles. The van der Waals surface area contributed by atoms with Gasteiger partial charge in [-0.25, -0.2) is 0 Å². The van der Waals surface area contributed by atoms with Gasteiger partial charge in [-0.05, 0) is 48.9 Å². The van der Waals surface area contributed by atoms with E-state index in [1.165, 1.54) is 0 Å². The van der Waals surface area contributed by atoms with E-state index in [1.807, 2.05) is 84.3 Å². The summed E-state index contributed by atoms with van der Waals surface area (Å²) in [6.45, 7) is 2.00. The largest absolute Gasteiger partial charge is 0.497 e. The molecule has 0 unspecified atom stereocenters. The number of carbonyl (C=O) groups excluding carboxylic acids is 1. The van der Waals surface area contributed by atoms with E-state index < -0.39 is 0 Å². The second-order valence-electron chi connectivity index (χ2n) is 6.33. The maximum Gasteiger partial charge on any atom is 0.210 e. The van der Waals surface area contributed by atoms with Crippen LogP contribution in [-0.4, -0.2) is 17.3 Å². The molecular formula is C23H19NO2. The van der Waals surface area contributed by atoms with Crippen LogP contribution in [0, 0.1) is 6.92 Å². The Morgan fingerprint density at radius 2 is 1.77 bits per heavy atom. The van der Waals surface area contributed by atoms with Crippen molar-refractivity contribution in [1.29, 1.82) is 0 Å². The SMILES string of the molecule is COc1cccc(-c2cc3ccccn3c2C(=O)c2cccc(C)c2)c1. The van der Waals surface area contributed by atoms with E-state index >= 15 is 0 Å². The Morgan fingerprint density at radius 1 is 0.923 bits per heavy atom. The minimum Gasteiger partial charge on any atom is -0.497 e. The molecule has 0 fully saturated rings. The van der Waals surface area contributed by atoms with Crippen molar-refractivity contribution in [2.45, 2.75) is 6.92 Å². The number of rotatable bonds is 4. The Labute approximate surface area is 152 Å². The summed E-state index contributed by atoms with van der Waals surface area (Å²) in [5.74, 6) is 0.782. The fourth-order valence-electron chi connectivity index (χ4n) is 3.29. The molecule has 0 saturated carbocycles. The third-order valence-corrected chi connectivity index (χ3v) is 4.56. The molecule has 128 valence electrons. The molecule has 26 heavy (non-hydrogen) atoms. The summed E-state index contributed by atoms with van der Waals surface area (Å²) < 4.78 is 7.32. The van der Waals surface area contributed by atoms with E-state index in [4.69, 9.17) is 4.74 Å². The molecule has 0 atom stereocenters. The summed E-state index contributed by atoms with van der Waals surface area (Å²) >= 11 is 0. The molecule has 0 radical (unpaired) electrons. The number of hydrogen-bond donors (Lipinski definition) is 0. The van der Waals surface area contributed by atoms with Gasteiger partial charge in [0.05, 0.1) is 7.11 Å². The number of benzene rings is 2. The van der Waals surface area contributed by atoms with Gasteiger partial charge in [-0.2, -0.15) is 0 Å². The van der Waals surface area contributed by atoms with Crippen LogP contribution in [-0.2, 0) is 0 Å². The molecule has 2 aromatic carbocycles. The number of pyridine rings is 1. The van der Waals surface area contributed by atoms with Crippen LogP contribution < -0.4 is 4.74 Å². The first-order valence-electron chi connectivity index (χ1n) is 8.53. The van der Waals surface area contributed by atoms with Crippen molar-refractivity contribution in [1.82, 2.24) is 4.40 Å². The monoisotopic (exact) mass is 341 g/mol. The lowest BCUT2D eigenvalue weighted by atomic mass is 9.99. The molecule has 4 rings (SSSR count). The lowest BCUT2D eigenvalue weighted by Crippen LogP contribution is -2.07. The highest BCUT2D eigenvalue weighted by atomic mass is 16.5. The molecule has 0 aliphatic carbocycles. The van der Waals surface area contributed by atoms with Crippen LogP contribution >= 0.6 is 0 Å². The van der Waals surface area contributed by atoms with E-state index in [9.17, 15) is 4.79 Å². The fraction of sp³-hybridized carbons (Fsp3) is 0.0870. The van der Waals surface area contributed by atoms with Gasteiger partial charge in [-0.15, -0.1) is 0 Å². The van der Waals surface area contributed by atoms with Crippen LogP contribution in [0.1, 0.15) is 21.6 Å². The molecule has 0 saturated heterocycles. The molecule has 0 N–H and O–H groups in total. The number of ether oxygens (including phenoxy) is 1. The quantitative estimate of drug-likeness (QED) is 0.480. The maximum absolute atomic E-state index is 13.4. The number of aromatic nitrogens is 1. The topological polar surface area (TPSA) is 30.7 Å². The molecule has 3 heteroatoms. The Hall–Kier alpha value is -3.33. The molecule has 0 amide bonds. The van der Waals surface area contributed by atoms with E-state index in [0.717, 1.165) is 28.0 Å². The van der Waals surface area contributed by atoms with Crippen LogP contribution in [0.2, 0.25) is 0 Å². The number of methoxy groups -OCH3 is 1. The van der Waals surface area contributed by atoms with Gasteiger partial charge in [0.25, 0.3) is 0 Å². The van der Waals surface area contributed by atoms with Gasteiger partial charge in [0, 0.05) is 22.8 Å². The van der Waals surface area contributed by atoms with Gasteiger partial charge in [0.2, 0.25) is 5.78 Å². The highest BCUT2D eigenvalue weighted by Crippen LogP contribution is 2.31. The normalized spacial score (nSPS) is 10.8. The summed E-state index contributed by atoms with van der Waals surface area (Å²) in [6.07, 6.45) is 1.93. The molecule has 3 nitrogen and oxygen atoms in total. The molecule has 0 aliphatic rings. The lowest BCUT2D eigenvalue weighted by Gasteiger charge is -2.08. The number of carbonyl (C=O) groups is 1. The van der Waals surface area contributed by atoms with Crippen LogP contribution in [0.3, 0.4) is 0 Å². The van der Waals surface area contributed by atoms with Crippen molar-refractivity contribution in [2.24, 2.45) is 0 Å². The van der Waals surface area contributed by atoms with Crippen LogP contribution in [0.4, 0.5) is 0 Å². The summed E-state index contributed by atoms with van der Waals surface area (Å²) in [7, 11) is 1.65. The van der Waals surface area contributed by atoms with Crippen molar-refractivity contribution >= 4 is 11.3 Å². The minimum atomic E-state index is 0.0118. The standard InChI is InChI=1S/C23H19NO2/c1-16-7-5-9-18(13-16)23(25)22-21(15-19-10-3-4-12-24(19)22)17-8-6-11-20(14-17)26-2/h3-15H,1-2H3. The smallest absolute Gasteiger partial charge is 0.210 e. The number of nitrogens with zero attached hydrogens (tertiary/aromatic N) is 1. The molecule has 2 heterocycles. The molecule has 0 spiro atoms. The average Bonchev–Trinajstić information content (AvgIpc) is 3.07. The molecule has 4 aromatic rings. The highest BCUT2D eigenvalue weighted by Gasteiger charge is 2.20. The summed E-state index contributed by atoms with van der Waals surface area (Å²) in [5.41, 5.74) is 5.28. The van der Waals surface area contributed by atoms with Gasteiger partial charge in [-0.1, -0.05) is 42.0 Å². The lowest BCUT2D eigenvalue weighted by molar-refractivity contribution is 0.103. The molecule has 0 bridgehead atoms.